The summed E-state index contributed by atoms with van der Waals surface area (Å²) in [6, 6.07) is 45.5. The minimum Gasteiger partial charge on any atom is -0.508 e. The Bertz CT molecular complexity index is 4180. The van der Waals surface area contributed by atoms with Gasteiger partial charge in [0.2, 0.25) is 0 Å². The van der Waals surface area contributed by atoms with E-state index in [4.69, 9.17) is 63.7 Å². The maximum absolute atomic E-state index is 11.6. The second-order valence-corrected chi connectivity index (χ2v) is 17.7. The predicted octanol–water partition coefficient (Wildman–Crippen LogP) is 10.6. The smallest absolute Gasteiger partial charge is 0.335 e. The van der Waals surface area contributed by atoms with Crippen LogP contribution >= 0.6 is 0 Å². The number of carboxylic acid groups (broad SMARTS) is 3. The van der Waals surface area contributed by atoms with Crippen molar-refractivity contribution in [3.63, 3.8) is 0 Å². The first-order valence-electron chi connectivity index (χ1n) is 24.0. The Morgan fingerprint density at radius 1 is 0.284 bits per heavy atom. The number of rotatable bonds is 11. The second-order valence-electron chi connectivity index (χ2n) is 17.7. The average Bonchev–Trinajstić information content (AvgIpc) is 4.41. The van der Waals surface area contributed by atoms with Crippen molar-refractivity contribution in [2.45, 2.75) is 0 Å². The number of ether oxygens (including phenoxy) is 4. The maximum atomic E-state index is 11.6. The first-order chi connectivity index (χ1) is 38.9. The number of nitrogens with zero attached hydrogens (tertiary/aromatic N) is 8. The van der Waals surface area contributed by atoms with Gasteiger partial charge in [-0.05, 0) is 170 Å². The van der Waals surface area contributed by atoms with Gasteiger partial charge in [0, 0.05) is 61.6 Å². The monoisotopic (exact) mass is 1120 g/mol. The quantitative estimate of drug-likeness (QED) is 0.0880. The zero-order valence-corrected chi connectivity index (χ0v) is 42.2. The van der Waals surface area contributed by atoms with E-state index >= 15 is 0 Å². The number of carbonyl (C=O) groups is 4. The molecule has 1 radical (unpaired) electrons. The molecule has 8 aromatic carbocycles. The third-order valence-corrected chi connectivity index (χ3v) is 12.7. The van der Waals surface area contributed by atoms with Gasteiger partial charge >= 0.3 is 17.9 Å². The van der Waals surface area contributed by atoms with Gasteiger partial charge in [0.05, 0.1) is 16.7 Å². The number of carboxylic acids is 3. The van der Waals surface area contributed by atoms with Crippen molar-refractivity contribution in [3.8, 4) is 51.7 Å². The van der Waals surface area contributed by atoms with E-state index in [0.29, 0.717) is 90.5 Å². The van der Waals surface area contributed by atoms with Crippen LogP contribution < -0.4 is 18.9 Å². The Balaban J connectivity index is 0.00000228. The van der Waals surface area contributed by atoms with E-state index in [9.17, 15) is 34.8 Å². The summed E-state index contributed by atoms with van der Waals surface area (Å²) in [6.45, 7) is 2.00. The summed E-state index contributed by atoms with van der Waals surface area (Å²) >= 11 is 0. The Hall–Kier alpha value is -11.3. The van der Waals surface area contributed by atoms with Crippen LogP contribution in [0.3, 0.4) is 0 Å². The largest absolute Gasteiger partial charge is 0.508 e. The van der Waals surface area contributed by atoms with Crippen molar-refractivity contribution >= 4 is 71.4 Å². The van der Waals surface area contributed by atoms with Crippen molar-refractivity contribution < 1.29 is 75.6 Å². The third kappa shape index (κ3) is 10.3. The maximum Gasteiger partial charge on any atom is 0.335 e. The van der Waals surface area contributed by atoms with E-state index in [1.165, 1.54) is 48.5 Å². The van der Waals surface area contributed by atoms with Gasteiger partial charge in [-0.15, -0.1) is 0 Å². The first kappa shape index (κ1) is 51.8. The fourth-order valence-electron chi connectivity index (χ4n) is 8.89. The number of amidine groups is 8. The first-order valence-corrected chi connectivity index (χ1v) is 24.0. The summed E-state index contributed by atoms with van der Waals surface area (Å²) in [5.41, 5.74) is 4.70. The summed E-state index contributed by atoms with van der Waals surface area (Å²) in [7, 11) is 0. The van der Waals surface area contributed by atoms with Crippen LogP contribution in [0.4, 0.5) is 0 Å². The van der Waals surface area contributed by atoms with E-state index in [1.54, 1.807) is 121 Å². The molecule has 397 valence electrons. The van der Waals surface area contributed by atoms with Crippen LogP contribution in [0.5, 0.6) is 51.7 Å². The number of aromatic hydroxyl groups is 1. The topological polar surface area (TPSA) is 285 Å². The summed E-state index contributed by atoms with van der Waals surface area (Å²) in [4.78, 5) is 83.2. The van der Waals surface area contributed by atoms with E-state index in [1.807, 2.05) is 6.79 Å². The summed E-state index contributed by atoms with van der Waals surface area (Å²) in [5, 5.41) is 38.4. The number of hydrogen-bond donors (Lipinski definition) is 4. The molecule has 13 rings (SSSR count). The van der Waals surface area contributed by atoms with Crippen LogP contribution in [0.2, 0.25) is 0 Å². The number of phenols is 1. The molecule has 21 heteroatoms. The number of hydrogen-bond acceptors (Lipinski definition) is 17. The van der Waals surface area contributed by atoms with Crippen LogP contribution in [0.25, 0.3) is 0 Å². The summed E-state index contributed by atoms with van der Waals surface area (Å²) in [6.07, 6.45) is 0. The second kappa shape index (κ2) is 21.3. The van der Waals surface area contributed by atoms with Gasteiger partial charge in [-0.3, -0.25) is 0 Å². The molecule has 5 aliphatic rings. The van der Waals surface area contributed by atoms with E-state index in [-0.39, 0.29) is 86.2 Å². The average molecular weight is 1120 g/mol. The van der Waals surface area contributed by atoms with Crippen LogP contribution in [-0.2, 0) is 21.9 Å². The molecule has 0 amide bonds. The fraction of sp³-hybridized carbons (Fsp3) is 0. The number of carbonyl (C=O) groups excluding carboxylic acids is 1. The molecule has 0 saturated carbocycles. The fourth-order valence-corrected chi connectivity index (χ4v) is 8.89. The molecule has 0 atom stereocenters. The van der Waals surface area contributed by atoms with Gasteiger partial charge in [0.1, 0.15) is 58.5 Å². The molecular formula is C60H34CuN8O12. The van der Waals surface area contributed by atoms with Crippen molar-refractivity contribution in [1.29, 1.82) is 0 Å². The number of benzene rings is 8. The van der Waals surface area contributed by atoms with E-state index in [0.717, 1.165) is 0 Å². The Labute approximate surface area is 467 Å². The van der Waals surface area contributed by atoms with E-state index in [2.05, 4.69) is 0 Å². The molecule has 0 saturated heterocycles. The molecule has 4 N–H and O–H groups in total. The zero-order valence-electron chi connectivity index (χ0n) is 41.3. The molecule has 5 heterocycles. The molecule has 20 nitrogen and oxygen atoms in total. The van der Waals surface area contributed by atoms with Crippen LogP contribution in [0.1, 0.15) is 75.6 Å². The van der Waals surface area contributed by atoms with Crippen molar-refractivity contribution in [1.82, 2.24) is 0 Å². The molecule has 8 bridgehead atoms. The zero-order chi connectivity index (χ0) is 55.2. The van der Waals surface area contributed by atoms with Gasteiger partial charge in [-0.2, -0.15) is 0 Å². The molecule has 0 fully saturated rings. The molecule has 0 aliphatic carbocycles. The number of aromatic carboxylic acids is 3. The third-order valence-electron chi connectivity index (χ3n) is 12.7. The van der Waals surface area contributed by atoms with Gasteiger partial charge in [0.15, 0.2) is 46.7 Å². The van der Waals surface area contributed by atoms with Gasteiger partial charge in [-0.25, -0.2) is 54.3 Å². The Kier molecular flexibility index (Phi) is 13.6. The molecule has 81 heavy (non-hydrogen) atoms. The number of fused-ring (bicyclic) bond motifs is 16. The van der Waals surface area contributed by atoms with Gasteiger partial charge in [-0.1, -0.05) is 0 Å². The van der Waals surface area contributed by atoms with Crippen molar-refractivity contribution in [2.75, 3.05) is 0 Å². The van der Waals surface area contributed by atoms with Gasteiger partial charge in [0.25, 0.3) is 0 Å². The van der Waals surface area contributed by atoms with Gasteiger partial charge < -0.3 is 44.2 Å². The van der Waals surface area contributed by atoms with Crippen molar-refractivity contribution in [3.05, 3.63) is 231 Å². The van der Waals surface area contributed by atoms with Crippen LogP contribution in [0, 0.1) is 0 Å². The normalized spacial score (nSPS) is 13.6. The Morgan fingerprint density at radius 2 is 0.469 bits per heavy atom. The summed E-state index contributed by atoms with van der Waals surface area (Å²) < 4.78 is 24.9. The Morgan fingerprint density at radius 3 is 0.679 bits per heavy atom. The minimum absolute atomic E-state index is 0. The van der Waals surface area contributed by atoms with Crippen LogP contribution in [-0.4, -0.2) is 91.8 Å². The SMILES string of the molecule is C=O.O=C(O)c1ccc(Oc2ccc3c(c2)C2=NC4=NC(=NC5=NC(=NC6=NC(=NC3=N2)c2cc(Oc3ccc(C(=O)O)cc3)ccc26)c2cc(Oc3ccc(C(=O)O)cc3)ccc25)c2cc(Oc3ccc(O)cc3)ccc24)cc1.[Cu]. The number of phenolic OH excluding ortho intramolecular Hbond substituents is 1. The molecular weight excluding hydrogens is 1090 g/mol. The van der Waals surface area contributed by atoms with E-state index < -0.39 is 17.9 Å². The summed E-state index contributed by atoms with van der Waals surface area (Å²) in [5.74, 6) is 1.94. The minimum atomic E-state index is -1.07. The molecule has 0 unspecified atom stereocenters. The number of aliphatic imine (C=N–C) groups is 8. The van der Waals surface area contributed by atoms with Crippen molar-refractivity contribution in [2.24, 2.45) is 39.9 Å². The van der Waals surface area contributed by atoms with Crippen LogP contribution in [0.15, 0.2) is 210 Å². The molecule has 0 spiro atoms. The molecule has 0 aromatic heterocycles. The predicted molar refractivity (Wildman–Crippen MR) is 294 cm³/mol. The standard InChI is InChI=1S/C59H32N8O11.CH2O.Cu/c68-32-7-15-36(16-8-32)78-40-20-24-44-48(28-40)56-66-51-43-23-19-39(77-35-13-5-31(6-14-35)59(73)74)27-47(43)54(64-51)62-49-41-21-17-37(75-33-9-1-29(2-10-33)57(69)70)25-45(41)53(60-49)61-50-42-22-18-38(26-46(42)55(63-50)65-52(44)67-56)76-34-11-3-30(4-12-34)58(71)72;1-2;/h1-28,68H,(H,69,70)(H,71,72)(H,73,74);1H2;. The molecule has 5 aliphatic heterocycles. The molecule has 8 aromatic rings.